The van der Waals surface area contributed by atoms with Gasteiger partial charge in [0.15, 0.2) is 0 Å². The summed E-state index contributed by atoms with van der Waals surface area (Å²) in [6.45, 7) is 0. The van der Waals surface area contributed by atoms with Gasteiger partial charge in [0.05, 0.1) is 0 Å². The van der Waals surface area contributed by atoms with Crippen molar-refractivity contribution in [3.63, 3.8) is 0 Å². The summed E-state index contributed by atoms with van der Waals surface area (Å²) in [4.78, 5) is 0. The van der Waals surface area contributed by atoms with E-state index in [-0.39, 0.29) is 22.8 Å². The van der Waals surface area contributed by atoms with Gasteiger partial charge in [0.2, 0.25) is 0 Å². The number of halogens is 3. The molecule has 5 heteroatoms. The van der Waals surface area contributed by atoms with Crippen molar-refractivity contribution in [1.82, 2.24) is 0 Å². The number of ether oxygens (including phenoxy) is 1. The molecule has 3 aromatic rings. The average molecular weight is 346 g/mol. The van der Waals surface area contributed by atoms with Crippen molar-refractivity contribution in [2.75, 3.05) is 0 Å². The van der Waals surface area contributed by atoms with E-state index in [0.29, 0.717) is 0 Å². The van der Waals surface area contributed by atoms with Crippen molar-refractivity contribution >= 4 is 0 Å². The van der Waals surface area contributed by atoms with Crippen LogP contribution < -0.4 is 4.74 Å². The summed E-state index contributed by atoms with van der Waals surface area (Å²) < 4.78 is 39.5. The maximum absolute atomic E-state index is 11.9. The first-order valence-corrected chi connectivity index (χ1v) is 6.29. The van der Waals surface area contributed by atoms with Crippen LogP contribution in [0.15, 0.2) is 78.9 Å². The minimum atomic E-state index is -4.64. The van der Waals surface area contributed by atoms with Gasteiger partial charge < -0.3 is 4.74 Å². The second-order valence-electron chi connectivity index (χ2n) is 4.21. The van der Waals surface area contributed by atoms with E-state index in [1.54, 1.807) is 12.1 Å². The summed E-state index contributed by atoms with van der Waals surface area (Å²) in [5.41, 5.74) is 1.83. The Morgan fingerprint density at radius 3 is 1.86 bits per heavy atom. The molecule has 3 aromatic carbocycles. The quantitative estimate of drug-likeness (QED) is 0.448. The molecule has 22 heavy (non-hydrogen) atoms. The molecular formula is C17H13F3FeO. The van der Waals surface area contributed by atoms with Crippen LogP contribution in [0.4, 0.5) is 13.2 Å². The van der Waals surface area contributed by atoms with Gasteiger partial charge in [-0.25, -0.2) is 12.1 Å². The third kappa shape index (κ3) is 6.20. The molecule has 0 radical (unpaired) electrons. The Hall–Kier alpha value is -1.97. The fourth-order valence-electron chi connectivity index (χ4n) is 1.74. The first-order valence-electron chi connectivity index (χ1n) is 6.29. The Morgan fingerprint density at radius 2 is 1.45 bits per heavy atom. The summed E-state index contributed by atoms with van der Waals surface area (Å²) in [6.07, 6.45) is -4.64. The molecule has 0 aliphatic heterocycles. The Morgan fingerprint density at radius 1 is 0.818 bits per heavy atom. The Labute approximate surface area is 137 Å². The first kappa shape index (κ1) is 18.1. The van der Waals surface area contributed by atoms with E-state index in [9.17, 15) is 13.2 Å². The third-order valence-electron chi connectivity index (χ3n) is 2.64. The van der Waals surface area contributed by atoms with Crippen LogP contribution >= 0.6 is 0 Å². The van der Waals surface area contributed by atoms with Crippen molar-refractivity contribution in [3.8, 4) is 16.9 Å². The van der Waals surface area contributed by atoms with E-state index < -0.39 is 6.36 Å². The normalized spacial score (nSPS) is 10.1. The minimum Gasteiger partial charge on any atom is -0.406 e. The van der Waals surface area contributed by atoms with Gasteiger partial charge in [0.25, 0.3) is 0 Å². The van der Waals surface area contributed by atoms with Crippen molar-refractivity contribution in [2.45, 2.75) is 6.36 Å². The van der Waals surface area contributed by atoms with Crippen LogP contribution in [-0.4, -0.2) is 6.36 Å². The van der Waals surface area contributed by atoms with Gasteiger partial charge in [-0.15, -0.1) is 19.2 Å². The second-order valence-corrected chi connectivity index (χ2v) is 4.21. The molecule has 0 bridgehead atoms. The van der Waals surface area contributed by atoms with Gasteiger partial charge in [-0.1, -0.05) is 17.7 Å². The molecule has 0 amide bonds. The number of benzene rings is 1. The second kappa shape index (κ2) is 8.47. The molecule has 1 nitrogen and oxygen atoms in total. The fourth-order valence-corrected chi connectivity index (χ4v) is 1.74. The van der Waals surface area contributed by atoms with Gasteiger partial charge in [-0.05, 0) is 12.1 Å². The number of rotatable bonds is 2. The Kier molecular flexibility index (Phi) is 6.96. The molecule has 0 heterocycles. The Balaban J connectivity index is 0.000000344. The fraction of sp³-hybridized carbons (Fsp3) is 0.0588. The van der Waals surface area contributed by atoms with Crippen LogP contribution in [0.5, 0.6) is 5.75 Å². The molecular weight excluding hydrogens is 333 g/mol. The molecule has 0 saturated carbocycles. The molecule has 0 spiro atoms. The molecule has 0 atom stereocenters. The SMILES string of the molecule is FC(F)(F)Oc1ccc(-c2ccc[cH-]2)cc1.[Fe+2].c1cc[cH-]c1. The van der Waals surface area contributed by atoms with Gasteiger partial charge in [-0.2, -0.15) is 42.0 Å². The van der Waals surface area contributed by atoms with E-state index in [2.05, 4.69) is 4.74 Å². The topological polar surface area (TPSA) is 9.23 Å². The maximum Gasteiger partial charge on any atom is 2.00 e. The van der Waals surface area contributed by atoms with Crippen LogP contribution in [-0.2, 0) is 17.1 Å². The zero-order valence-corrected chi connectivity index (χ0v) is 12.5. The van der Waals surface area contributed by atoms with Crippen molar-refractivity contribution < 1.29 is 35.0 Å². The Bertz CT molecular complexity index is 594. The average Bonchev–Trinajstić information content (AvgIpc) is 3.14. The van der Waals surface area contributed by atoms with E-state index in [1.807, 2.05) is 54.6 Å². The summed E-state index contributed by atoms with van der Waals surface area (Å²) in [6, 6.07) is 23.3. The van der Waals surface area contributed by atoms with Gasteiger partial charge in [0, 0.05) is 0 Å². The molecule has 0 unspecified atom stereocenters. The van der Waals surface area contributed by atoms with E-state index >= 15 is 0 Å². The van der Waals surface area contributed by atoms with Gasteiger partial charge in [0.1, 0.15) is 5.75 Å². The molecule has 0 aliphatic rings. The maximum atomic E-state index is 11.9. The van der Waals surface area contributed by atoms with Gasteiger partial charge >= 0.3 is 23.4 Å². The number of hydrogen-bond acceptors (Lipinski definition) is 1. The van der Waals surface area contributed by atoms with Crippen LogP contribution in [0.1, 0.15) is 0 Å². The molecule has 116 valence electrons. The predicted octanol–water partition coefficient (Wildman–Crippen LogP) is 5.37. The third-order valence-corrected chi connectivity index (χ3v) is 2.64. The standard InChI is InChI=1S/C12H8F3O.C5H5.Fe/c13-12(14,15)16-11-7-5-10(6-8-11)9-3-1-2-4-9;1-2-4-5-3-1;/h1-8H;1-5H;/q2*-1;+2. The van der Waals surface area contributed by atoms with Crippen LogP contribution in [0.25, 0.3) is 11.1 Å². The van der Waals surface area contributed by atoms with Crippen LogP contribution in [0, 0.1) is 0 Å². The summed E-state index contributed by atoms with van der Waals surface area (Å²) in [7, 11) is 0. The molecule has 0 fully saturated rings. The van der Waals surface area contributed by atoms with E-state index in [1.165, 1.54) is 12.1 Å². The first-order chi connectivity index (χ1) is 10.0. The molecule has 0 N–H and O–H groups in total. The number of hydrogen-bond donors (Lipinski definition) is 0. The van der Waals surface area contributed by atoms with Crippen LogP contribution in [0.3, 0.4) is 0 Å². The number of alkyl halides is 3. The largest absolute Gasteiger partial charge is 2.00 e. The summed E-state index contributed by atoms with van der Waals surface area (Å²) in [5, 5.41) is 0. The van der Waals surface area contributed by atoms with E-state index in [0.717, 1.165) is 11.1 Å². The molecule has 0 aliphatic carbocycles. The van der Waals surface area contributed by atoms with Crippen molar-refractivity contribution in [1.29, 1.82) is 0 Å². The summed E-state index contributed by atoms with van der Waals surface area (Å²) in [5.74, 6) is -0.206. The molecule has 0 saturated heterocycles. The predicted molar refractivity (Wildman–Crippen MR) is 76.2 cm³/mol. The molecule has 3 rings (SSSR count). The van der Waals surface area contributed by atoms with Gasteiger partial charge in [-0.3, -0.25) is 0 Å². The smallest absolute Gasteiger partial charge is 0.406 e. The van der Waals surface area contributed by atoms with E-state index in [4.69, 9.17) is 0 Å². The zero-order chi connectivity index (χ0) is 15.1. The monoisotopic (exact) mass is 346 g/mol. The van der Waals surface area contributed by atoms with Crippen LogP contribution in [0.2, 0.25) is 0 Å². The van der Waals surface area contributed by atoms with Crippen molar-refractivity contribution in [2.24, 2.45) is 0 Å². The zero-order valence-electron chi connectivity index (χ0n) is 11.4. The summed E-state index contributed by atoms with van der Waals surface area (Å²) >= 11 is 0. The van der Waals surface area contributed by atoms with Crippen molar-refractivity contribution in [3.05, 3.63) is 78.9 Å². The minimum absolute atomic E-state index is 0. The molecule has 0 aromatic heterocycles.